The first kappa shape index (κ1) is 20.5. The summed E-state index contributed by atoms with van der Waals surface area (Å²) in [6, 6.07) is 6.84. The van der Waals surface area contributed by atoms with E-state index in [0.29, 0.717) is 24.4 Å². The van der Waals surface area contributed by atoms with Crippen LogP contribution in [0.2, 0.25) is 0 Å². The number of carbonyl (C=O) groups excluding carboxylic acids is 3. The highest BCUT2D eigenvalue weighted by atomic mass is 32.1. The first-order chi connectivity index (χ1) is 14.2. The minimum Gasteiger partial charge on any atom is -0.325 e. The molecule has 2 heterocycles. The zero-order valence-corrected chi connectivity index (χ0v) is 18.2. The fraction of sp³-hybridized carbons (Fsp3) is 0.455. The topological polar surface area (TPSA) is 91.4 Å². The Hall–Kier alpha value is -2.74. The van der Waals surface area contributed by atoms with E-state index in [1.807, 2.05) is 17.5 Å². The number of amides is 4. The molecule has 30 heavy (non-hydrogen) atoms. The fourth-order valence-electron chi connectivity index (χ4n) is 5.06. The van der Waals surface area contributed by atoms with E-state index >= 15 is 0 Å². The quantitative estimate of drug-likeness (QED) is 0.726. The highest BCUT2D eigenvalue weighted by molar-refractivity contribution is 7.13. The summed E-state index contributed by atoms with van der Waals surface area (Å²) in [4.78, 5) is 43.5. The standard InChI is InChI=1S/C22H26N4O3S/c1-14-10-21(2,3)13-22(11-14)19(28)26(20(29)25-22)12-17(27)24-16-6-4-15(5-7-16)18-23-8-9-30-18/h4-9,14H,10-13H2,1-3H3,(H,24,27)(H,25,29). The molecule has 158 valence electrons. The zero-order valence-electron chi connectivity index (χ0n) is 17.4. The summed E-state index contributed by atoms with van der Waals surface area (Å²) in [6.07, 6.45) is 3.95. The highest BCUT2D eigenvalue weighted by Gasteiger charge is 2.56. The molecule has 4 amide bonds. The molecule has 7 nitrogen and oxygen atoms in total. The molecule has 1 aromatic carbocycles. The van der Waals surface area contributed by atoms with Crippen molar-refractivity contribution in [2.24, 2.45) is 11.3 Å². The predicted octanol–water partition coefficient (Wildman–Crippen LogP) is 3.89. The molecule has 1 saturated carbocycles. The maximum atomic E-state index is 13.1. The number of anilines is 1. The van der Waals surface area contributed by atoms with Gasteiger partial charge in [-0.1, -0.05) is 20.8 Å². The van der Waals surface area contributed by atoms with Crippen LogP contribution in [0, 0.1) is 11.3 Å². The number of hydrogen-bond donors (Lipinski definition) is 2. The largest absolute Gasteiger partial charge is 0.325 e. The lowest BCUT2D eigenvalue weighted by molar-refractivity contribution is -0.136. The van der Waals surface area contributed by atoms with Gasteiger partial charge >= 0.3 is 6.03 Å². The number of nitrogens with one attached hydrogen (secondary N) is 2. The van der Waals surface area contributed by atoms with Gasteiger partial charge in [0.15, 0.2) is 0 Å². The molecule has 1 aliphatic heterocycles. The van der Waals surface area contributed by atoms with E-state index in [9.17, 15) is 14.4 Å². The first-order valence-corrected chi connectivity index (χ1v) is 11.0. The van der Waals surface area contributed by atoms with Crippen molar-refractivity contribution in [1.29, 1.82) is 0 Å². The summed E-state index contributed by atoms with van der Waals surface area (Å²) in [5.74, 6) is -0.370. The lowest BCUT2D eigenvalue weighted by Gasteiger charge is -2.43. The Bertz CT molecular complexity index is 971. The van der Waals surface area contributed by atoms with E-state index in [2.05, 4.69) is 36.4 Å². The molecule has 2 N–H and O–H groups in total. The van der Waals surface area contributed by atoms with Gasteiger partial charge in [-0.15, -0.1) is 11.3 Å². The lowest BCUT2D eigenvalue weighted by Crippen LogP contribution is -2.54. The van der Waals surface area contributed by atoms with Crippen molar-refractivity contribution in [3.63, 3.8) is 0 Å². The van der Waals surface area contributed by atoms with Gasteiger partial charge in [-0.3, -0.25) is 14.5 Å². The van der Waals surface area contributed by atoms with Crippen molar-refractivity contribution in [2.75, 3.05) is 11.9 Å². The minimum atomic E-state index is -0.895. The van der Waals surface area contributed by atoms with Crippen molar-refractivity contribution in [2.45, 2.75) is 45.6 Å². The molecule has 4 rings (SSSR count). The van der Waals surface area contributed by atoms with Crippen LogP contribution < -0.4 is 10.6 Å². The monoisotopic (exact) mass is 426 g/mol. The number of nitrogens with zero attached hydrogens (tertiary/aromatic N) is 2. The van der Waals surface area contributed by atoms with Gasteiger partial charge in [0.2, 0.25) is 5.91 Å². The number of rotatable bonds is 4. The van der Waals surface area contributed by atoms with Crippen molar-refractivity contribution >= 4 is 34.9 Å². The van der Waals surface area contributed by atoms with Gasteiger partial charge in [-0.25, -0.2) is 9.78 Å². The molecular weight excluding hydrogens is 400 g/mol. The Morgan fingerprint density at radius 2 is 2.00 bits per heavy atom. The van der Waals surface area contributed by atoms with Gasteiger partial charge in [0.05, 0.1) is 0 Å². The fourth-order valence-corrected chi connectivity index (χ4v) is 5.70. The predicted molar refractivity (Wildman–Crippen MR) is 116 cm³/mol. The molecular formula is C22H26N4O3S. The average Bonchev–Trinajstić information content (AvgIpc) is 3.25. The smallest absolute Gasteiger partial charge is 0.325 e. The van der Waals surface area contributed by atoms with E-state index < -0.39 is 17.5 Å². The van der Waals surface area contributed by atoms with Crippen molar-refractivity contribution in [3.8, 4) is 10.6 Å². The van der Waals surface area contributed by atoms with Gasteiger partial charge in [0.25, 0.3) is 5.91 Å². The number of hydrogen-bond acceptors (Lipinski definition) is 5. The Balaban J connectivity index is 1.42. The van der Waals surface area contributed by atoms with Gasteiger partial charge in [0, 0.05) is 22.8 Å². The number of aromatic nitrogens is 1. The lowest BCUT2D eigenvalue weighted by atomic mass is 9.64. The van der Waals surface area contributed by atoms with Crippen LogP contribution in [0.15, 0.2) is 35.8 Å². The average molecular weight is 427 g/mol. The summed E-state index contributed by atoms with van der Waals surface area (Å²) in [6.45, 7) is 6.05. The third-order valence-corrected chi connectivity index (χ3v) is 6.60. The van der Waals surface area contributed by atoms with Gasteiger partial charge in [0.1, 0.15) is 17.1 Å². The molecule has 2 unspecified atom stereocenters. The molecule has 2 fully saturated rings. The molecule has 8 heteroatoms. The van der Waals surface area contributed by atoms with Crippen LogP contribution in [0.3, 0.4) is 0 Å². The number of carbonyl (C=O) groups is 3. The van der Waals surface area contributed by atoms with Crippen molar-refractivity contribution in [3.05, 3.63) is 35.8 Å². The van der Waals surface area contributed by atoms with Gasteiger partial charge < -0.3 is 10.6 Å². The van der Waals surface area contributed by atoms with Crippen LogP contribution in [-0.2, 0) is 9.59 Å². The third-order valence-electron chi connectivity index (χ3n) is 5.77. The second kappa shape index (κ2) is 7.50. The minimum absolute atomic E-state index is 0.0436. The molecule has 1 saturated heterocycles. The van der Waals surface area contributed by atoms with E-state index in [1.54, 1.807) is 29.7 Å². The first-order valence-electron chi connectivity index (χ1n) is 10.1. The van der Waals surface area contributed by atoms with Crippen LogP contribution in [0.25, 0.3) is 10.6 Å². The third kappa shape index (κ3) is 3.96. The normalized spacial score (nSPS) is 25.4. The van der Waals surface area contributed by atoms with Gasteiger partial charge in [-0.05, 0) is 54.9 Å². The second-order valence-corrected chi connectivity index (χ2v) is 10.1. The van der Waals surface area contributed by atoms with Gasteiger partial charge in [-0.2, -0.15) is 0 Å². The maximum absolute atomic E-state index is 13.1. The second-order valence-electron chi connectivity index (χ2n) is 9.22. The highest BCUT2D eigenvalue weighted by Crippen LogP contribution is 2.46. The molecule has 0 bridgehead atoms. The van der Waals surface area contributed by atoms with Crippen LogP contribution in [-0.4, -0.2) is 39.8 Å². The summed E-state index contributed by atoms with van der Waals surface area (Å²) < 4.78 is 0. The van der Waals surface area contributed by atoms with Crippen LogP contribution in [0.5, 0.6) is 0 Å². The number of thiazole rings is 1. The molecule has 2 aromatic rings. The van der Waals surface area contributed by atoms with Crippen molar-refractivity contribution < 1.29 is 14.4 Å². The maximum Gasteiger partial charge on any atom is 0.325 e. The molecule has 1 aromatic heterocycles. The zero-order chi connectivity index (χ0) is 21.5. The van der Waals surface area contributed by atoms with Crippen LogP contribution in [0.4, 0.5) is 10.5 Å². The summed E-state index contributed by atoms with van der Waals surface area (Å²) in [5.41, 5.74) is 0.633. The van der Waals surface area contributed by atoms with E-state index in [-0.39, 0.29) is 17.9 Å². The van der Waals surface area contributed by atoms with Crippen molar-refractivity contribution in [1.82, 2.24) is 15.2 Å². The number of imide groups is 1. The van der Waals surface area contributed by atoms with Crippen LogP contribution in [0.1, 0.15) is 40.0 Å². The molecule has 0 radical (unpaired) electrons. The summed E-state index contributed by atoms with van der Waals surface area (Å²) in [5, 5.41) is 8.48. The van der Waals surface area contributed by atoms with E-state index in [0.717, 1.165) is 21.9 Å². The van der Waals surface area contributed by atoms with E-state index in [1.165, 1.54) is 0 Å². The summed E-state index contributed by atoms with van der Waals surface area (Å²) in [7, 11) is 0. The Labute approximate surface area is 179 Å². The molecule has 2 atom stereocenters. The molecule has 1 aliphatic carbocycles. The SMILES string of the molecule is CC1CC(C)(C)CC2(C1)NC(=O)N(CC(=O)Nc1ccc(-c3nccs3)cc1)C2=O. The number of benzene rings is 1. The Morgan fingerprint density at radius 3 is 2.63 bits per heavy atom. The summed E-state index contributed by atoms with van der Waals surface area (Å²) >= 11 is 1.54. The molecule has 1 spiro atoms. The van der Waals surface area contributed by atoms with Crippen LogP contribution >= 0.6 is 11.3 Å². The molecule has 2 aliphatic rings. The Kier molecular flexibility index (Phi) is 5.13. The van der Waals surface area contributed by atoms with E-state index in [4.69, 9.17) is 0 Å². The number of urea groups is 1. The Morgan fingerprint density at radius 1 is 1.27 bits per heavy atom.